The summed E-state index contributed by atoms with van der Waals surface area (Å²) < 4.78 is 0. The van der Waals surface area contributed by atoms with Crippen molar-refractivity contribution in [3.05, 3.63) is 70.4 Å². The second-order valence-corrected chi connectivity index (χ2v) is 5.48. The number of aliphatic hydroxyl groups is 1. The number of hydrogen-bond donors (Lipinski definition) is 2. The number of hydrogen-bond acceptors (Lipinski definition) is 1. The molecule has 0 fully saturated rings. The molecule has 1 heterocycles. The summed E-state index contributed by atoms with van der Waals surface area (Å²) in [4.78, 5) is 3.19. The highest BCUT2D eigenvalue weighted by atomic mass is 16.3. The first kappa shape index (κ1) is 12.9. The summed E-state index contributed by atoms with van der Waals surface area (Å²) >= 11 is 0. The van der Waals surface area contributed by atoms with Gasteiger partial charge in [-0.2, -0.15) is 0 Å². The minimum atomic E-state index is -0.589. The summed E-state index contributed by atoms with van der Waals surface area (Å²) in [5, 5.41) is 11.9. The van der Waals surface area contributed by atoms with Crippen LogP contribution >= 0.6 is 0 Å². The van der Waals surface area contributed by atoms with Gasteiger partial charge in [-0.05, 0) is 60.7 Å². The van der Waals surface area contributed by atoms with Crippen molar-refractivity contribution in [3.8, 4) is 0 Å². The molecule has 3 rings (SSSR count). The van der Waals surface area contributed by atoms with Crippen molar-refractivity contribution in [1.82, 2.24) is 4.98 Å². The van der Waals surface area contributed by atoms with Crippen LogP contribution < -0.4 is 0 Å². The summed E-state index contributed by atoms with van der Waals surface area (Å²) in [5.41, 5.74) is 6.61. The zero-order valence-electron chi connectivity index (χ0n) is 12.1. The van der Waals surface area contributed by atoms with Gasteiger partial charge >= 0.3 is 0 Å². The van der Waals surface area contributed by atoms with Crippen LogP contribution in [0.3, 0.4) is 0 Å². The van der Waals surface area contributed by atoms with E-state index in [0.717, 1.165) is 27.6 Å². The molecule has 3 aromatic rings. The Bertz CT molecular complexity index is 770. The van der Waals surface area contributed by atoms with Crippen molar-refractivity contribution < 1.29 is 5.11 Å². The average molecular weight is 265 g/mol. The third-order valence-corrected chi connectivity index (χ3v) is 4.10. The number of aromatic nitrogens is 1. The van der Waals surface area contributed by atoms with Crippen LogP contribution in [0.4, 0.5) is 0 Å². The predicted molar refractivity (Wildman–Crippen MR) is 83.0 cm³/mol. The standard InChI is InChI=1S/C18H19NO/c1-11-9-13(3)16(10-12(11)2)18(20)15-5-4-6-17-14(15)7-8-19-17/h4-10,18-20H,1-3H3. The van der Waals surface area contributed by atoms with Gasteiger partial charge in [-0.1, -0.05) is 24.3 Å². The van der Waals surface area contributed by atoms with Crippen molar-refractivity contribution in [2.75, 3.05) is 0 Å². The molecule has 0 amide bonds. The van der Waals surface area contributed by atoms with E-state index in [0.29, 0.717) is 0 Å². The minimum Gasteiger partial charge on any atom is -0.384 e. The topological polar surface area (TPSA) is 36.0 Å². The maximum absolute atomic E-state index is 10.8. The SMILES string of the molecule is Cc1cc(C)c(C(O)c2cccc3[nH]ccc23)cc1C. The fourth-order valence-electron chi connectivity index (χ4n) is 2.79. The summed E-state index contributed by atoms with van der Waals surface area (Å²) in [6, 6.07) is 12.3. The highest BCUT2D eigenvalue weighted by Gasteiger charge is 2.16. The van der Waals surface area contributed by atoms with E-state index in [2.05, 4.69) is 37.9 Å². The monoisotopic (exact) mass is 265 g/mol. The van der Waals surface area contributed by atoms with Gasteiger partial charge in [-0.15, -0.1) is 0 Å². The highest BCUT2D eigenvalue weighted by Crippen LogP contribution is 2.31. The predicted octanol–water partition coefficient (Wildman–Crippen LogP) is 4.17. The maximum Gasteiger partial charge on any atom is 0.105 e. The molecule has 0 saturated carbocycles. The number of benzene rings is 2. The van der Waals surface area contributed by atoms with Crippen LogP contribution in [0.15, 0.2) is 42.6 Å². The molecule has 2 aromatic carbocycles. The van der Waals surface area contributed by atoms with Gasteiger partial charge in [0.05, 0.1) is 0 Å². The summed E-state index contributed by atoms with van der Waals surface area (Å²) in [7, 11) is 0. The second-order valence-electron chi connectivity index (χ2n) is 5.48. The van der Waals surface area contributed by atoms with Gasteiger partial charge in [0, 0.05) is 17.1 Å². The molecule has 0 bridgehead atoms. The zero-order valence-corrected chi connectivity index (χ0v) is 12.1. The number of aliphatic hydroxyl groups excluding tert-OH is 1. The Morgan fingerprint density at radius 3 is 2.45 bits per heavy atom. The average Bonchev–Trinajstić information content (AvgIpc) is 2.90. The summed E-state index contributed by atoms with van der Waals surface area (Å²) in [5.74, 6) is 0. The number of rotatable bonds is 2. The van der Waals surface area contributed by atoms with Gasteiger partial charge < -0.3 is 10.1 Å². The Kier molecular flexibility index (Phi) is 3.11. The van der Waals surface area contributed by atoms with Crippen molar-refractivity contribution in [2.45, 2.75) is 26.9 Å². The summed E-state index contributed by atoms with van der Waals surface area (Å²) in [6.07, 6.45) is 1.32. The van der Waals surface area contributed by atoms with Gasteiger partial charge in [0.15, 0.2) is 0 Å². The number of fused-ring (bicyclic) bond motifs is 1. The molecule has 0 aliphatic carbocycles. The Morgan fingerprint density at radius 1 is 0.900 bits per heavy atom. The van der Waals surface area contributed by atoms with Crippen molar-refractivity contribution in [1.29, 1.82) is 0 Å². The van der Waals surface area contributed by atoms with Crippen LogP contribution in [0.2, 0.25) is 0 Å². The number of aryl methyl sites for hydroxylation is 3. The summed E-state index contributed by atoms with van der Waals surface area (Å²) in [6.45, 7) is 6.25. The van der Waals surface area contributed by atoms with Gasteiger partial charge in [0.1, 0.15) is 6.10 Å². The number of aromatic amines is 1. The Morgan fingerprint density at radius 2 is 1.65 bits per heavy atom. The molecule has 0 aliphatic heterocycles. The molecular formula is C18H19NO. The molecule has 2 nitrogen and oxygen atoms in total. The number of nitrogens with one attached hydrogen (secondary N) is 1. The molecule has 0 saturated heterocycles. The lowest BCUT2D eigenvalue weighted by atomic mass is 9.92. The van der Waals surface area contributed by atoms with Crippen LogP contribution in [-0.2, 0) is 0 Å². The van der Waals surface area contributed by atoms with E-state index in [-0.39, 0.29) is 0 Å². The van der Waals surface area contributed by atoms with Crippen molar-refractivity contribution >= 4 is 10.9 Å². The smallest absolute Gasteiger partial charge is 0.105 e. The van der Waals surface area contributed by atoms with E-state index in [1.54, 1.807) is 0 Å². The Hall–Kier alpha value is -2.06. The maximum atomic E-state index is 10.8. The fraction of sp³-hybridized carbons (Fsp3) is 0.222. The lowest BCUT2D eigenvalue weighted by molar-refractivity contribution is 0.221. The molecule has 1 aromatic heterocycles. The third-order valence-electron chi connectivity index (χ3n) is 4.10. The van der Waals surface area contributed by atoms with E-state index < -0.39 is 6.10 Å². The molecule has 2 heteroatoms. The van der Waals surface area contributed by atoms with Crippen molar-refractivity contribution in [2.24, 2.45) is 0 Å². The van der Waals surface area contributed by atoms with Gasteiger partial charge in [0.2, 0.25) is 0 Å². The second kappa shape index (κ2) is 4.80. The molecular weight excluding hydrogens is 246 g/mol. The molecule has 0 radical (unpaired) electrons. The molecule has 1 atom stereocenters. The van der Waals surface area contributed by atoms with E-state index in [9.17, 15) is 5.11 Å². The molecule has 20 heavy (non-hydrogen) atoms. The van der Waals surface area contributed by atoms with Crippen LogP contribution in [0, 0.1) is 20.8 Å². The third kappa shape index (κ3) is 2.02. The van der Waals surface area contributed by atoms with E-state index in [1.165, 1.54) is 11.1 Å². The van der Waals surface area contributed by atoms with Crippen LogP contribution in [0.5, 0.6) is 0 Å². The molecule has 102 valence electrons. The van der Waals surface area contributed by atoms with Crippen LogP contribution in [-0.4, -0.2) is 10.1 Å². The Balaban J connectivity index is 2.15. The quantitative estimate of drug-likeness (QED) is 0.716. The molecule has 1 unspecified atom stereocenters. The lowest BCUT2D eigenvalue weighted by Gasteiger charge is -2.17. The van der Waals surface area contributed by atoms with E-state index in [4.69, 9.17) is 0 Å². The first-order chi connectivity index (χ1) is 9.58. The molecule has 0 aliphatic rings. The van der Waals surface area contributed by atoms with Crippen LogP contribution in [0.25, 0.3) is 10.9 Å². The van der Waals surface area contributed by atoms with Crippen LogP contribution in [0.1, 0.15) is 33.9 Å². The fourth-order valence-corrected chi connectivity index (χ4v) is 2.79. The highest BCUT2D eigenvalue weighted by molar-refractivity contribution is 5.83. The van der Waals surface area contributed by atoms with E-state index >= 15 is 0 Å². The van der Waals surface area contributed by atoms with Gasteiger partial charge in [-0.25, -0.2) is 0 Å². The normalized spacial score (nSPS) is 12.8. The number of H-pyrrole nitrogens is 1. The van der Waals surface area contributed by atoms with E-state index in [1.807, 2.05) is 30.5 Å². The molecule has 0 spiro atoms. The van der Waals surface area contributed by atoms with Gasteiger partial charge in [0.25, 0.3) is 0 Å². The first-order valence-electron chi connectivity index (χ1n) is 6.89. The minimum absolute atomic E-state index is 0.589. The largest absolute Gasteiger partial charge is 0.384 e. The van der Waals surface area contributed by atoms with Crippen molar-refractivity contribution in [3.63, 3.8) is 0 Å². The van der Waals surface area contributed by atoms with Gasteiger partial charge in [-0.3, -0.25) is 0 Å². The zero-order chi connectivity index (χ0) is 14.3. The first-order valence-corrected chi connectivity index (χ1v) is 6.89. The Labute approximate surface area is 119 Å². The lowest BCUT2D eigenvalue weighted by Crippen LogP contribution is -2.04. The molecule has 2 N–H and O–H groups in total.